The first-order valence-corrected chi connectivity index (χ1v) is 8.13. The van der Waals surface area contributed by atoms with Crippen molar-refractivity contribution in [1.82, 2.24) is 10.6 Å². The van der Waals surface area contributed by atoms with Gasteiger partial charge in [-0.15, -0.1) is 0 Å². The molecule has 0 aromatic heterocycles. The fraction of sp³-hybridized carbons (Fsp3) is 0.875. The third kappa shape index (κ3) is 6.64. The summed E-state index contributed by atoms with van der Waals surface area (Å²) < 4.78 is 5.29. The second-order valence-corrected chi connectivity index (χ2v) is 7.50. The highest BCUT2D eigenvalue weighted by Crippen LogP contribution is 2.20. The summed E-state index contributed by atoms with van der Waals surface area (Å²) in [6.45, 7) is 9.48. The van der Waals surface area contributed by atoms with Crippen LogP contribution in [-0.4, -0.2) is 35.7 Å². The largest absolute Gasteiger partial charge is 0.444 e. The number of hydrogen-bond acceptors (Lipinski definition) is 4. The van der Waals surface area contributed by atoms with Crippen LogP contribution in [0.2, 0.25) is 0 Å². The summed E-state index contributed by atoms with van der Waals surface area (Å²) in [5, 5.41) is 6.26. The molecule has 0 aromatic rings. The normalized spacial score (nSPS) is 23.9. The first kappa shape index (κ1) is 18.7. The Hall–Kier alpha value is -1.30. The van der Waals surface area contributed by atoms with Crippen LogP contribution in [0.15, 0.2) is 0 Å². The number of amides is 2. The van der Waals surface area contributed by atoms with Crippen LogP contribution in [0.1, 0.15) is 60.3 Å². The minimum absolute atomic E-state index is 0.0711. The highest BCUT2D eigenvalue weighted by Gasteiger charge is 2.29. The number of primary amides is 1. The van der Waals surface area contributed by atoms with Crippen LogP contribution in [-0.2, 0) is 9.53 Å². The molecule has 0 aromatic carbocycles. The van der Waals surface area contributed by atoms with Crippen molar-refractivity contribution in [2.45, 2.75) is 84.0 Å². The molecule has 1 fully saturated rings. The summed E-state index contributed by atoms with van der Waals surface area (Å²) in [6.07, 6.45) is 3.33. The van der Waals surface area contributed by atoms with Gasteiger partial charge in [0.2, 0.25) is 5.91 Å². The number of nitrogens with one attached hydrogen (secondary N) is 2. The zero-order valence-electron chi connectivity index (χ0n) is 14.4. The molecule has 0 aliphatic heterocycles. The lowest BCUT2D eigenvalue weighted by Crippen LogP contribution is -2.53. The van der Waals surface area contributed by atoms with E-state index in [-0.39, 0.29) is 36.0 Å². The van der Waals surface area contributed by atoms with Gasteiger partial charge < -0.3 is 21.1 Å². The molecule has 4 N–H and O–H groups in total. The maximum atomic E-state index is 11.8. The summed E-state index contributed by atoms with van der Waals surface area (Å²) in [5.41, 5.74) is 4.95. The van der Waals surface area contributed by atoms with Crippen molar-refractivity contribution >= 4 is 12.0 Å². The van der Waals surface area contributed by atoms with Crippen molar-refractivity contribution in [1.29, 1.82) is 0 Å². The third-order valence-corrected chi connectivity index (χ3v) is 3.78. The second kappa shape index (κ2) is 7.81. The van der Waals surface area contributed by atoms with Crippen LogP contribution in [0.4, 0.5) is 4.79 Å². The number of nitrogens with two attached hydrogens (primary N) is 1. The standard InChI is InChI=1S/C16H31N3O3/c1-10(2)13(14(17)20)18-11-7-6-8-12(9-11)19-15(21)22-16(3,4)5/h10-13,18H,6-9H2,1-5H3,(H2,17,20)(H,19,21). The average molecular weight is 313 g/mol. The van der Waals surface area contributed by atoms with E-state index in [1.54, 1.807) is 0 Å². The van der Waals surface area contributed by atoms with Crippen LogP contribution in [0.25, 0.3) is 0 Å². The Balaban J connectivity index is 2.50. The smallest absolute Gasteiger partial charge is 0.407 e. The van der Waals surface area contributed by atoms with Gasteiger partial charge in [-0.2, -0.15) is 0 Å². The maximum absolute atomic E-state index is 11.8. The molecule has 1 saturated carbocycles. The molecule has 128 valence electrons. The minimum atomic E-state index is -0.495. The van der Waals surface area contributed by atoms with E-state index in [1.165, 1.54) is 0 Å². The van der Waals surface area contributed by atoms with Crippen molar-refractivity contribution in [3.05, 3.63) is 0 Å². The predicted octanol–water partition coefficient (Wildman–Crippen LogP) is 1.92. The Labute approximate surface area is 133 Å². The maximum Gasteiger partial charge on any atom is 0.407 e. The molecule has 0 bridgehead atoms. The Morgan fingerprint density at radius 2 is 1.77 bits per heavy atom. The number of alkyl carbamates (subject to hydrolysis) is 1. The van der Waals surface area contributed by atoms with Crippen molar-refractivity contribution in [3.8, 4) is 0 Å². The Kier molecular flexibility index (Phi) is 6.66. The van der Waals surface area contributed by atoms with Gasteiger partial charge in [-0.3, -0.25) is 4.79 Å². The van der Waals surface area contributed by atoms with E-state index in [2.05, 4.69) is 10.6 Å². The molecule has 22 heavy (non-hydrogen) atoms. The Morgan fingerprint density at radius 1 is 1.18 bits per heavy atom. The van der Waals surface area contributed by atoms with Crippen LogP contribution in [0, 0.1) is 5.92 Å². The van der Waals surface area contributed by atoms with Crippen molar-refractivity contribution in [3.63, 3.8) is 0 Å². The topological polar surface area (TPSA) is 93.4 Å². The molecule has 0 radical (unpaired) electrons. The molecular formula is C16H31N3O3. The molecule has 0 spiro atoms. The third-order valence-electron chi connectivity index (χ3n) is 3.78. The highest BCUT2D eigenvalue weighted by atomic mass is 16.6. The SMILES string of the molecule is CC(C)C(NC1CCCC(NC(=O)OC(C)(C)C)C1)C(N)=O. The first-order valence-electron chi connectivity index (χ1n) is 8.13. The fourth-order valence-corrected chi connectivity index (χ4v) is 2.80. The summed E-state index contributed by atoms with van der Waals surface area (Å²) >= 11 is 0. The lowest BCUT2D eigenvalue weighted by Gasteiger charge is -2.33. The number of hydrogen-bond donors (Lipinski definition) is 3. The van der Waals surface area contributed by atoms with E-state index < -0.39 is 5.60 Å². The van der Waals surface area contributed by atoms with E-state index >= 15 is 0 Å². The summed E-state index contributed by atoms with van der Waals surface area (Å²) in [5.74, 6) is -0.172. The summed E-state index contributed by atoms with van der Waals surface area (Å²) in [4.78, 5) is 23.3. The molecule has 1 aliphatic rings. The molecule has 2 amide bonds. The molecule has 3 atom stereocenters. The van der Waals surface area contributed by atoms with Crippen LogP contribution in [0.5, 0.6) is 0 Å². The monoisotopic (exact) mass is 313 g/mol. The summed E-state index contributed by atoms with van der Waals surface area (Å²) in [6, 6.07) is -0.0688. The van der Waals surface area contributed by atoms with E-state index in [4.69, 9.17) is 10.5 Å². The van der Waals surface area contributed by atoms with Gasteiger partial charge in [0.05, 0.1) is 6.04 Å². The quantitative estimate of drug-likeness (QED) is 0.723. The number of rotatable bonds is 5. The minimum Gasteiger partial charge on any atom is -0.444 e. The van der Waals surface area contributed by atoms with Crippen molar-refractivity contribution < 1.29 is 14.3 Å². The number of carbonyl (C=O) groups excluding carboxylic acids is 2. The molecule has 0 saturated heterocycles. The lowest BCUT2D eigenvalue weighted by atomic mass is 9.89. The average Bonchev–Trinajstić information content (AvgIpc) is 2.33. The van der Waals surface area contributed by atoms with E-state index in [0.717, 1.165) is 25.7 Å². The van der Waals surface area contributed by atoms with Crippen LogP contribution in [0.3, 0.4) is 0 Å². The van der Waals surface area contributed by atoms with Gasteiger partial charge in [-0.05, 0) is 52.4 Å². The number of ether oxygens (including phenoxy) is 1. The van der Waals surface area contributed by atoms with Gasteiger partial charge in [-0.25, -0.2) is 4.79 Å². The van der Waals surface area contributed by atoms with Crippen molar-refractivity contribution in [2.24, 2.45) is 11.7 Å². The van der Waals surface area contributed by atoms with Crippen molar-refractivity contribution in [2.75, 3.05) is 0 Å². The Bertz CT molecular complexity index is 391. The molecule has 3 unspecified atom stereocenters. The fourth-order valence-electron chi connectivity index (χ4n) is 2.80. The molecule has 1 rings (SSSR count). The Morgan fingerprint density at radius 3 is 2.27 bits per heavy atom. The van der Waals surface area contributed by atoms with E-state index in [9.17, 15) is 9.59 Å². The molecule has 0 heterocycles. The van der Waals surface area contributed by atoms with Gasteiger partial charge in [0.1, 0.15) is 5.60 Å². The predicted molar refractivity (Wildman–Crippen MR) is 86.4 cm³/mol. The lowest BCUT2D eigenvalue weighted by molar-refractivity contribution is -0.121. The number of carbonyl (C=O) groups is 2. The molecule has 1 aliphatic carbocycles. The van der Waals surface area contributed by atoms with Gasteiger partial charge in [0.25, 0.3) is 0 Å². The second-order valence-electron chi connectivity index (χ2n) is 7.50. The first-order chi connectivity index (χ1) is 10.1. The van der Waals surface area contributed by atoms with Gasteiger partial charge >= 0.3 is 6.09 Å². The zero-order valence-corrected chi connectivity index (χ0v) is 14.4. The van der Waals surface area contributed by atoms with E-state index in [1.807, 2.05) is 34.6 Å². The van der Waals surface area contributed by atoms with Gasteiger partial charge in [-0.1, -0.05) is 13.8 Å². The molecular weight excluding hydrogens is 282 g/mol. The van der Waals surface area contributed by atoms with Crippen LogP contribution < -0.4 is 16.4 Å². The zero-order chi connectivity index (χ0) is 16.9. The van der Waals surface area contributed by atoms with Crippen LogP contribution >= 0.6 is 0 Å². The summed E-state index contributed by atoms with van der Waals surface area (Å²) in [7, 11) is 0. The van der Waals surface area contributed by atoms with E-state index in [0.29, 0.717) is 0 Å². The molecule has 6 nitrogen and oxygen atoms in total. The highest BCUT2D eigenvalue weighted by molar-refractivity contribution is 5.80. The molecule has 6 heteroatoms. The van der Waals surface area contributed by atoms with Gasteiger partial charge in [0, 0.05) is 12.1 Å². The van der Waals surface area contributed by atoms with Gasteiger partial charge in [0.15, 0.2) is 0 Å².